The second-order valence-electron chi connectivity index (χ2n) is 10.8. The predicted octanol–water partition coefficient (Wildman–Crippen LogP) is 6.88. The van der Waals surface area contributed by atoms with Crippen LogP contribution in [0.25, 0.3) is 11.1 Å². The van der Waals surface area contributed by atoms with Crippen LogP contribution in [0.4, 0.5) is 4.39 Å². The van der Waals surface area contributed by atoms with Gasteiger partial charge in [-0.05, 0) is 41.2 Å². The molecular weight excluding hydrogens is 535 g/mol. The van der Waals surface area contributed by atoms with Crippen molar-refractivity contribution in [3.8, 4) is 11.1 Å². The van der Waals surface area contributed by atoms with Gasteiger partial charge in [-0.1, -0.05) is 87.0 Å². The van der Waals surface area contributed by atoms with Gasteiger partial charge in [0.25, 0.3) is 0 Å². The lowest BCUT2D eigenvalue weighted by Gasteiger charge is -2.30. The molecule has 1 fully saturated rings. The highest BCUT2D eigenvalue weighted by Gasteiger charge is 2.26. The van der Waals surface area contributed by atoms with E-state index in [-0.39, 0.29) is 29.8 Å². The molecule has 1 atom stereocenters. The Hall–Kier alpha value is -3.36. The second-order valence-corrected chi connectivity index (χ2v) is 10.8. The number of aliphatic hydroxyl groups excluding tert-OH is 1. The normalized spacial score (nSPS) is 17.5. The molecule has 6 nitrogen and oxygen atoms in total. The average molecular weight is 577 g/mol. The van der Waals surface area contributed by atoms with Crippen LogP contribution in [0.15, 0.2) is 78.9 Å². The van der Waals surface area contributed by atoms with E-state index in [2.05, 4.69) is 25.6 Å². The number of methoxy groups -OCH3 is 1. The summed E-state index contributed by atoms with van der Waals surface area (Å²) in [6, 6.07) is 21.3. The lowest BCUT2D eigenvalue weighted by Crippen LogP contribution is -2.25. The summed E-state index contributed by atoms with van der Waals surface area (Å²) in [5, 5.41) is 9.06. The molecule has 0 aliphatic carbocycles. The highest BCUT2D eigenvalue weighted by molar-refractivity contribution is 5.87. The molecular formula is C35H41FO6. The summed E-state index contributed by atoms with van der Waals surface area (Å²) in [5.74, 6) is -1.13. The van der Waals surface area contributed by atoms with Crippen molar-refractivity contribution in [1.82, 2.24) is 0 Å². The number of esters is 1. The molecule has 0 saturated carbocycles. The fraction of sp³-hybridized carbons (Fsp3) is 0.400. The van der Waals surface area contributed by atoms with E-state index in [1.807, 2.05) is 48.5 Å². The molecule has 42 heavy (non-hydrogen) atoms. The molecule has 1 unspecified atom stereocenters. The number of hydrogen-bond donors (Lipinski definition) is 1. The number of aryl methyl sites for hydroxylation is 1. The highest BCUT2D eigenvalue weighted by atomic mass is 19.1. The van der Waals surface area contributed by atoms with Crippen molar-refractivity contribution in [3.63, 3.8) is 0 Å². The summed E-state index contributed by atoms with van der Waals surface area (Å²) in [5.41, 5.74) is 5.40. The number of carbonyl (C=O) groups excluding carboxylic acids is 1. The zero-order valence-electron chi connectivity index (χ0n) is 24.5. The highest BCUT2D eigenvalue weighted by Crippen LogP contribution is 2.33. The topological polar surface area (TPSA) is 74.2 Å². The summed E-state index contributed by atoms with van der Waals surface area (Å²) >= 11 is 0. The van der Waals surface area contributed by atoms with E-state index in [1.54, 1.807) is 13.2 Å². The first-order valence-electron chi connectivity index (χ1n) is 14.6. The molecule has 1 aliphatic heterocycles. The number of rotatable bonds is 14. The third-order valence-electron chi connectivity index (χ3n) is 7.64. The van der Waals surface area contributed by atoms with E-state index in [1.165, 1.54) is 24.8 Å². The van der Waals surface area contributed by atoms with Crippen LogP contribution in [0.5, 0.6) is 0 Å². The Labute approximate surface area is 248 Å². The Balaban J connectivity index is 1.32. The van der Waals surface area contributed by atoms with Crippen molar-refractivity contribution in [2.45, 2.75) is 50.7 Å². The van der Waals surface area contributed by atoms with Gasteiger partial charge in [0.05, 0.1) is 32.0 Å². The Morgan fingerprint density at radius 3 is 2.31 bits per heavy atom. The molecule has 4 rings (SSSR count). The number of hydrogen-bond acceptors (Lipinski definition) is 6. The van der Waals surface area contributed by atoms with Crippen molar-refractivity contribution >= 4 is 5.97 Å². The smallest absolute Gasteiger partial charge is 0.335 e. The summed E-state index contributed by atoms with van der Waals surface area (Å²) in [6.07, 6.45) is 4.12. The molecule has 0 amide bonds. The van der Waals surface area contributed by atoms with Crippen LogP contribution < -0.4 is 0 Å². The van der Waals surface area contributed by atoms with Crippen LogP contribution in [0.1, 0.15) is 66.6 Å². The maximum absolute atomic E-state index is 15.2. The van der Waals surface area contributed by atoms with Gasteiger partial charge in [0, 0.05) is 30.1 Å². The summed E-state index contributed by atoms with van der Waals surface area (Å²) in [7, 11) is 1.59. The number of unbranched alkanes of at least 4 members (excludes halogenated alkanes) is 2. The lowest BCUT2D eigenvalue weighted by atomic mass is 9.95. The molecule has 1 heterocycles. The van der Waals surface area contributed by atoms with Crippen LogP contribution in [-0.2, 0) is 30.2 Å². The molecule has 3 aromatic rings. The Bertz CT molecular complexity index is 1300. The number of aliphatic hydroxyl groups is 1. The van der Waals surface area contributed by atoms with E-state index in [9.17, 15) is 4.79 Å². The second kappa shape index (κ2) is 15.8. The monoisotopic (exact) mass is 576 g/mol. The molecule has 224 valence electrons. The van der Waals surface area contributed by atoms with E-state index in [0.717, 1.165) is 28.7 Å². The first-order chi connectivity index (χ1) is 20.4. The van der Waals surface area contributed by atoms with E-state index >= 15 is 4.39 Å². The first kappa shape index (κ1) is 31.6. The lowest BCUT2D eigenvalue weighted by molar-refractivity contribution is -0.191. The fourth-order valence-corrected chi connectivity index (χ4v) is 5.05. The largest absolute Gasteiger partial charge is 0.462 e. The third kappa shape index (κ3) is 8.35. The van der Waals surface area contributed by atoms with Gasteiger partial charge in [-0.3, -0.25) is 0 Å². The van der Waals surface area contributed by atoms with Crippen molar-refractivity contribution < 1.29 is 33.2 Å². The fourth-order valence-electron chi connectivity index (χ4n) is 5.05. The Morgan fingerprint density at radius 2 is 1.69 bits per heavy atom. The van der Waals surface area contributed by atoms with Crippen LogP contribution in [0.2, 0.25) is 0 Å². The Kier molecular flexibility index (Phi) is 11.8. The average Bonchev–Trinajstić information content (AvgIpc) is 3.03. The van der Waals surface area contributed by atoms with Gasteiger partial charge in [-0.25, -0.2) is 9.18 Å². The number of ether oxygens (including phenoxy) is 4. The van der Waals surface area contributed by atoms with Gasteiger partial charge in [-0.2, -0.15) is 0 Å². The van der Waals surface area contributed by atoms with E-state index < -0.39 is 18.9 Å². The zero-order chi connectivity index (χ0) is 29.9. The summed E-state index contributed by atoms with van der Waals surface area (Å²) < 4.78 is 37.8. The maximum Gasteiger partial charge on any atom is 0.335 e. The molecule has 7 heteroatoms. The van der Waals surface area contributed by atoms with Crippen LogP contribution in [0, 0.1) is 5.82 Å². The Morgan fingerprint density at radius 1 is 1.00 bits per heavy atom. The van der Waals surface area contributed by atoms with Crippen molar-refractivity contribution in [2.24, 2.45) is 0 Å². The molecule has 0 spiro atoms. The van der Waals surface area contributed by atoms with Gasteiger partial charge >= 0.3 is 5.97 Å². The minimum absolute atomic E-state index is 0.00730. The molecule has 1 saturated heterocycles. The number of carbonyl (C=O) groups is 1. The molecule has 1 N–H and O–H groups in total. The van der Waals surface area contributed by atoms with Crippen LogP contribution in [0.3, 0.4) is 0 Å². The quantitative estimate of drug-likeness (QED) is 0.128. The van der Waals surface area contributed by atoms with Gasteiger partial charge in [0.2, 0.25) is 0 Å². The van der Waals surface area contributed by atoms with Crippen LogP contribution >= 0.6 is 0 Å². The van der Waals surface area contributed by atoms with Crippen molar-refractivity contribution in [1.29, 1.82) is 0 Å². The number of benzene rings is 3. The minimum Gasteiger partial charge on any atom is -0.462 e. The zero-order valence-corrected chi connectivity index (χ0v) is 24.5. The maximum atomic E-state index is 15.2. The van der Waals surface area contributed by atoms with Gasteiger partial charge < -0.3 is 24.1 Å². The standard InChI is InChI=1S/C35H41FO6/c1-4-5-6-7-25-8-10-27(11-9-25)32-17-16-29(18-33(32)36)31-22-41-35(42-23-31)28-14-12-26(13-15-28)30(20-39-3)21-40-34(38)24(2)19-37/h8-18,30-31,35,37H,2,4-7,19-23H2,1,3H3. The molecule has 0 radical (unpaired) electrons. The first-order valence-corrected chi connectivity index (χ1v) is 14.6. The molecule has 0 aromatic heterocycles. The third-order valence-corrected chi connectivity index (χ3v) is 7.64. The number of halogens is 1. The van der Waals surface area contributed by atoms with Crippen LogP contribution in [-0.4, -0.2) is 51.2 Å². The van der Waals surface area contributed by atoms with E-state index in [0.29, 0.717) is 25.4 Å². The van der Waals surface area contributed by atoms with Gasteiger partial charge in [0.15, 0.2) is 6.29 Å². The van der Waals surface area contributed by atoms with Crippen molar-refractivity contribution in [2.75, 3.05) is 40.1 Å². The molecule has 3 aromatic carbocycles. The minimum atomic E-state index is -0.630. The molecule has 0 bridgehead atoms. The summed E-state index contributed by atoms with van der Waals surface area (Å²) in [4.78, 5) is 11.9. The summed E-state index contributed by atoms with van der Waals surface area (Å²) in [6.45, 7) is 6.52. The molecule has 1 aliphatic rings. The van der Waals surface area contributed by atoms with E-state index in [4.69, 9.17) is 24.1 Å². The van der Waals surface area contributed by atoms with Gasteiger partial charge in [0.1, 0.15) is 12.4 Å². The van der Waals surface area contributed by atoms with Gasteiger partial charge in [-0.15, -0.1) is 0 Å². The predicted molar refractivity (Wildman–Crippen MR) is 161 cm³/mol. The van der Waals surface area contributed by atoms with Crippen molar-refractivity contribution in [3.05, 3.63) is 107 Å². The SMILES string of the molecule is C=C(CO)C(=O)OCC(COC)c1ccc(C2OCC(c3ccc(-c4ccc(CCCCC)cc4)c(F)c3)CO2)cc1.